The first-order chi connectivity index (χ1) is 12.0. The number of aryl methyl sites for hydroxylation is 1. The van der Waals surface area contributed by atoms with Crippen LogP contribution in [0.5, 0.6) is 0 Å². The van der Waals surface area contributed by atoms with Crippen molar-refractivity contribution in [3.8, 4) is 0 Å². The van der Waals surface area contributed by atoms with Crippen LogP contribution >= 0.6 is 0 Å². The van der Waals surface area contributed by atoms with E-state index in [1.165, 1.54) is 11.8 Å². The van der Waals surface area contributed by atoms with Crippen LogP contribution in [0.3, 0.4) is 0 Å². The van der Waals surface area contributed by atoms with E-state index in [0.717, 1.165) is 11.3 Å². The first kappa shape index (κ1) is 15.7. The molecule has 1 aliphatic carbocycles. The molecule has 25 heavy (non-hydrogen) atoms. The van der Waals surface area contributed by atoms with E-state index in [0.29, 0.717) is 18.8 Å². The number of hydrogen-bond donors (Lipinski definition) is 1. The summed E-state index contributed by atoms with van der Waals surface area (Å²) in [7, 11) is 0. The maximum Gasteiger partial charge on any atom is 0.271 e. The van der Waals surface area contributed by atoms with Gasteiger partial charge in [0.25, 0.3) is 5.91 Å². The number of nitrogens with one attached hydrogen (secondary N) is 1. The Labute approximate surface area is 146 Å². The molecule has 2 aliphatic rings. The van der Waals surface area contributed by atoms with Crippen molar-refractivity contribution in [2.24, 2.45) is 5.92 Å². The third-order valence-corrected chi connectivity index (χ3v) is 5.27. The molecular formula is C19H20N4O2. The van der Waals surface area contributed by atoms with E-state index in [9.17, 15) is 9.59 Å². The summed E-state index contributed by atoms with van der Waals surface area (Å²) < 4.78 is 0. The molecule has 4 rings (SSSR count). The summed E-state index contributed by atoms with van der Waals surface area (Å²) >= 11 is 0. The Hall–Kier alpha value is -2.76. The van der Waals surface area contributed by atoms with E-state index in [4.69, 9.17) is 0 Å². The van der Waals surface area contributed by atoms with Gasteiger partial charge in [-0.3, -0.25) is 14.6 Å². The minimum Gasteiger partial charge on any atom is -0.343 e. The zero-order chi connectivity index (χ0) is 17.6. The molecule has 6 nitrogen and oxygen atoms in total. The monoisotopic (exact) mass is 336 g/mol. The fraction of sp³-hybridized carbons (Fsp3) is 0.368. The minimum atomic E-state index is -0.228. The number of amides is 2. The predicted molar refractivity (Wildman–Crippen MR) is 91.9 cm³/mol. The Bertz CT molecular complexity index is 834. The van der Waals surface area contributed by atoms with Gasteiger partial charge in [0.2, 0.25) is 5.91 Å². The molecule has 2 heterocycles. The van der Waals surface area contributed by atoms with Crippen LogP contribution in [-0.2, 0) is 4.79 Å². The van der Waals surface area contributed by atoms with Gasteiger partial charge >= 0.3 is 0 Å². The van der Waals surface area contributed by atoms with Crippen molar-refractivity contribution < 1.29 is 9.59 Å². The lowest BCUT2D eigenvalue weighted by atomic mass is 9.94. The first-order valence-corrected chi connectivity index (χ1v) is 8.48. The van der Waals surface area contributed by atoms with E-state index >= 15 is 0 Å². The van der Waals surface area contributed by atoms with Gasteiger partial charge < -0.3 is 10.2 Å². The Morgan fingerprint density at radius 2 is 1.88 bits per heavy atom. The van der Waals surface area contributed by atoms with Crippen LogP contribution in [0.15, 0.2) is 36.7 Å². The fourth-order valence-corrected chi connectivity index (χ4v) is 4.03. The molecule has 128 valence electrons. The quantitative estimate of drug-likeness (QED) is 0.908. The van der Waals surface area contributed by atoms with Gasteiger partial charge in [-0.2, -0.15) is 0 Å². The van der Waals surface area contributed by atoms with Crippen LogP contribution in [0, 0.1) is 12.8 Å². The number of nitrogens with zero attached hydrogens (tertiary/aromatic N) is 3. The van der Waals surface area contributed by atoms with Crippen molar-refractivity contribution in [2.75, 3.05) is 13.1 Å². The van der Waals surface area contributed by atoms with Crippen LogP contribution in [0.25, 0.3) is 0 Å². The van der Waals surface area contributed by atoms with Crippen LogP contribution in [0.2, 0.25) is 0 Å². The number of carbonyl (C=O) groups excluding carboxylic acids is 2. The molecular weight excluding hydrogens is 316 g/mol. The molecule has 1 aliphatic heterocycles. The Morgan fingerprint density at radius 1 is 1.12 bits per heavy atom. The van der Waals surface area contributed by atoms with Crippen molar-refractivity contribution in [1.82, 2.24) is 20.2 Å². The SMILES string of the molecule is CC(=O)N1C[C@H]2[C@@H](C1)c1ccccc1[C@@H]2NC(=O)c1cnc(C)cn1. The van der Waals surface area contributed by atoms with Crippen molar-refractivity contribution in [2.45, 2.75) is 25.8 Å². The van der Waals surface area contributed by atoms with Crippen molar-refractivity contribution in [3.63, 3.8) is 0 Å². The fourth-order valence-electron chi connectivity index (χ4n) is 4.03. The Morgan fingerprint density at radius 3 is 2.56 bits per heavy atom. The number of hydrogen-bond acceptors (Lipinski definition) is 4. The Balaban J connectivity index is 1.62. The van der Waals surface area contributed by atoms with Crippen LogP contribution in [-0.4, -0.2) is 39.8 Å². The standard InChI is InChI=1S/C19H20N4O2/c1-11-7-21-17(8-20-11)19(25)22-18-14-6-4-3-5-13(14)15-9-23(12(2)24)10-16(15)18/h3-8,15-16,18H,9-10H2,1-2H3,(H,22,25)/t15-,16-,18-/m0/s1. The molecule has 2 aromatic rings. The van der Waals surface area contributed by atoms with Gasteiger partial charge in [-0.15, -0.1) is 0 Å². The topological polar surface area (TPSA) is 75.2 Å². The number of aromatic nitrogens is 2. The maximum atomic E-state index is 12.6. The van der Waals surface area contributed by atoms with Gasteiger partial charge in [-0.05, 0) is 18.1 Å². The van der Waals surface area contributed by atoms with Crippen LogP contribution < -0.4 is 5.32 Å². The molecule has 1 aromatic carbocycles. The molecule has 2 amide bonds. The molecule has 3 atom stereocenters. The molecule has 1 N–H and O–H groups in total. The number of carbonyl (C=O) groups is 2. The third-order valence-electron chi connectivity index (χ3n) is 5.27. The minimum absolute atomic E-state index is 0.0846. The van der Waals surface area contributed by atoms with Gasteiger partial charge in [0.05, 0.1) is 17.9 Å². The second-order valence-electron chi connectivity index (χ2n) is 6.82. The highest BCUT2D eigenvalue weighted by atomic mass is 16.2. The molecule has 1 saturated heterocycles. The summed E-state index contributed by atoms with van der Waals surface area (Å²) in [5.74, 6) is 0.328. The van der Waals surface area contributed by atoms with Gasteiger partial charge in [0.15, 0.2) is 0 Å². The number of rotatable bonds is 2. The molecule has 0 bridgehead atoms. The van der Waals surface area contributed by atoms with E-state index in [2.05, 4.69) is 27.4 Å². The highest BCUT2D eigenvalue weighted by Gasteiger charge is 2.47. The van der Waals surface area contributed by atoms with E-state index in [1.54, 1.807) is 13.1 Å². The van der Waals surface area contributed by atoms with Gasteiger partial charge in [0, 0.05) is 38.0 Å². The second kappa shape index (κ2) is 5.95. The Kier molecular flexibility index (Phi) is 3.75. The average molecular weight is 336 g/mol. The second-order valence-corrected chi connectivity index (χ2v) is 6.82. The van der Waals surface area contributed by atoms with Crippen LogP contribution in [0.1, 0.15) is 46.2 Å². The molecule has 1 fully saturated rings. The lowest BCUT2D eigenvalue weighted by molar-refractivity contribution is -0.128. The number of fused-ring (bicyclic) bond motifs is 3. The number of benzene rings is 1. The average Bonchev–Trinajstić information content (AvgIpc) is 3.15. The smallest absolute Gasteiger partial charge is 0.271 e. The largest absolute Gasteiger partial charge is 0.343 e. The lowest BCUT2D eigenvalue weighted by Crippen LogP contribution is -2.35. The van der Waals surface area contributed by atoms with Crippen LogP contribution in [0.4, 0.5) is 0 Å². The molecule has 0 spiro atoms. The molecule has 0 unspecified atom stereocenters. The summed E-state index contributed by atoms with van der Waals surface area (Å²) in [4.78, 5) is 34.6. The van der Waals surface area contributed by atoms with Crippen molar-refractivity contribution in [1.29, 1.82) is 0 Å². The third kappa shape index (κ3) is 2.67. The summed E-state index contributed by atoms with van der Waals surface area (Å²) in [6.45, 7) is 4.82. The summed E-state index contributed by atoms with van der Waals surface area (Å²) in [6, 6.07) is 8.07. The predicted octanol–water partition coefficient (Wildman–Crippen LogP) is 1.83. The zero-order valence-electron chi connectivity index (χ0n) is 14.3. The molecule has 0 saturated carbocycles. The molecule has 0 radical (unpaired) electrons. The first-order valence-electron chi connectivity index (χ1n) is 8.48. The van der Waals surface area contributed by atoms with Crippen molar-refractivity contribution in [3.05, 3.63) is 59.2 Å². The van der Waals surface area contributed by atoms with E-state index in [-0.39, 0.29) is 29.7 Å². The van der Waals surface area contributed by atoms with E-state index in [1.807, 2.05) is 24.0 Å². The summed E-state index contributed by atoms with van der Waals surface area (Å²) in [6.07, 6.45) is 3.09. The zero-order valence-corrected chi connectivity index (χ0v) is 14.3. The summed E-state index contributed by atoms with van der Waals surface area (Å²) in [5, 5.41) is 3.12. The highest BCUT2D eigenvalue weighted by Crippen LogP contribution is 2.49. The van der Waals surface area contributed by atoms with Gasteiger partial charge in [-0.25, -0.2) is 4.98 Å². The molecule has 6 heteroatoms. The molecule has 1 aromatic heterocycles. The number of likely N-dealkylation sites (tertiary alicyclic amines) is 1. The van der Waals surface area contributed by atoms with E-state index < -0.39 is 0 Å². The van der Waals surface area contributed by atoms with Crippen molar-refractivity contribution >= 4 is 11.8 Å². The maximum absolute atomic E-state index is 12.6. The summed E-state index contributed by atoms with van der Waals surface area (Å²) in [5.41, 5.74) is 3.47. The lowest BCUT2D eigenvalue weighted by Gasteiger charge is -2.22. The van der Waals surface area contributed by atoms with Gasteiger partial charge in [0.1, 0.15) is 5.69 Å². The highest BCUT2D eigenvalue weighted by molar-refractivity contribution is 5.92. The van der Waals surface area contributed by atoms with Gasteiger partial charge in [-0.1, -0.05) is 24.3 Å². The normalized spacial score (nSPS) is 23.9.